The molecule has 29 heavy (non-hydrogen) atoms. The molecule has 3 heterocycles. The smallest absolute Gasteiger partial charge is 0.257 e. The number of benzene rings is 1. The van der Waals surface area contributed by atoms with E-state index in [0.29, 0.717) is 17.9 Å². The molecule has 0 spiro atoms. The molecule has 2 aromatic heterocycles. The first-order valence-electron chi connectivity index (χ1n) is 9.80. The van der Waals surface area contributed by atoms with Crippen LogP contribution in [-0.2, 0) is 0 Å². The molecule has 1 aliphatic rings. The highest BCUT2D eigenvalue weighted by atomic mass is 16.5. The Balaban J connectivity index is 1.48. The predicted molar refractivity (Wildman–Crippen MR) is 112 cm³/mol. The minimum atomic E-state index is 0.0134. The Morgan fingerprint density at radius 1 is 1.03 bits per heavy atom. The molecule has 0 aliphatic carbocycles. The lowest BCUT2D eigenvalue weighted by Crippen LogP contribution is -2.35. The van der Waals surface area contributed by atoms with Crippen LogP contribution in [0, 0.1) is 6.92 Å². The van der Waals surface area contributed by atoms with Gasteiger partial charge in [-0.2, -0.15) is 5.10 Å². The minimum absolute atomic E-state index is 0.0134. The Hall–Kier alpha value is -3.35. The summed E-state index contributed by atoms with van der Waals surface area (Å²) in [5.74, 6) is 0.729. The Morgan fingerprint density at radius 3 is 2.72 bits per heavy atom. The van der Waals surface area contributed by atoms with Crippen LogP contribution in [-0.4, -0.2) is 58.9 Å². The van der Waals surface area contributed by atoms with Crippen LogP contribution in [0.4, 0.5) is 5.69 Å². The predicted octanol–water partition coefficient (Wildman–Crippen LogP) is 2.94. The van der Waals surface area contributed by atoms with Gasteiger partial charge in [-0.05, 0) is 37.1 Å². The number of hydrogen-bond donors (Lipinski definition) is 0. The van der Waals surface area contributed by atoms with Gasteiger partial charge in [-0.3, -0.25) is 9.78 Å². The molecule has 1 aromatic carbocycles. The van der Waals surface area contributed by atoms with Crippen molar-refractivity contribution in [1.29, 1.82) is 0 Å². The molecule has 4 rings (SSSR count). The lowest BCUT2D eigenvalue weighted by molar-refractivity contribution is 0.0767. The summed E-state index contributed by atoms with van der Waals surface area (Å²) >= 11 is 0. The zero-order chi connectivity index (χ0) is 20.2. The highest BCUT2D eigenvalue weighted by Crippen LogP contribution is 2.23. The number of pyridine rings is 1. The van der Waals surface area contributed by atoms with Crippen LogP contribution < -0.4 is 9.64 Å². The third-order valence-electron chi connectivity index (χ3n) is 5.28. The van der Waals surface area contributed by atoms with Gasteiger partial charge in [0, 0.05) is 50.5 Å². The molecule has 0 bridgehead atoms. The van der Waals surface area contributed by atoms with Crippen LogP contribution in [0.2, 0.25) is 0 Å². The van der Waals surface area contributed by atoms with Gasteiger partial charge in [0.1, 0.15) is 11.4 Å². The number of nitrogens with zero attached hydrogens (tertiary/aromatic N) is 5. The zero-order valence-corrected chi connectivity index (χ0v) is 16.8. The summed E-state index contributed by atoms with van der Waals surface area (Å²) in [5, 5.41) is 4.38. The topological polar surface area (TPSA) is 63.5 Å². The normalized spacial score (nSPS) is 14.6. The van der Waals surface area contributed by atoms with Crippen molar-refractivity contribution in [2.75, 3.05) is 38.2 Å². The van der Waals surface area contributed by atoms with E-state index in [1.807, 2.05) is 47.6 Å². The maximum absolute atomic E-state index is 13.1. The monoisotopic (exact) mass is 391 g/mol. The first kappa shape index (κ1) is 19.0. The maximum Gasteiger partial charge on any atom is 0.257 e. The van der Waals surface area contributed by atoms with Crippen LogP contribution in [0.5, 0.6) is 5.75 Å². The van der Waals surface area contributed by atoms with E-state index >= 15 is 0 Å². The van der Waals surface area contributed by atoms with Crippen LogP contribution in [0.25, 0.3) is 5.69 Å². The van der Waals surface area contributed by atoms with Gasteiger partial charge in [-0.1, -0.05) is 12.1 Å². The number of methoxy groups -OCH3 is 1. The summed E-state index contributed by atoms with van der Waals surface area (Å²) in [7, 11) is 1.63. The molecule has 1 aliphatic heterocycles. The molecule has 1 amide bonds. The van der Waals surface area contributed by atoms with Crippen molar-refractivity contribution in [3.63, 3.8) is 0 Å². The summed E-state index contributed by atoms with van der Waals surface area (Å²) in [6.45, 7) is 5.22. The molecule has 1 saturated heterocycles. The van der Waals surface area contributed by atoms with E-state index in [1.165, 1.54) is 5.69 Å². The van der Waals surface area contributed by atoms with Gasteiger partial charge in [-0.15, -0.1) is 0 Å². The third-order valence-corrected chi connectivity index (χ3v) is 5.28. The van der Waals surface area contributed by atoms with Crippen LogP contribution in [0.3, 0.4) is 0 Å². The number of hydrogen-bond acceptors (Lipinski definition) is 5. The molecule has 150 valence electrons. The Morgan fingerprint density at radius 2 is 1.90 bits per heavy atom. The molecular formula is C22H25N5O2. The Labute approximate surface area is 170 Å². The molecule has 0 radical (unpaired) electrons. The molecule has 7 heteroatoms. The Bertz CT molecular complexity index is 1000. The number of carbonyl (C=O) groups is 1. The van der Waals surface area contributed by atoms with Crippen molar-refractivity contribution in [1.82, 2.24) is 19.7 Å². The first-order chi connectivity index (χ1) is 14.2. The molecule has 1 fully saturated rings. The molecule has 0 saturated carbocycles. The van der Waals surface area contributed by atoms with Crippen molar-refractivity contribution in [3.05, 3.63) is 66.2 Å². The van der Waals surface area contributed by atoms with Gasteiger partial charge in [0.25, 0.3) is 5.91 Å². The fraction of sp³-hybridized carbons (Fsp3) is 0.318. The number of anilines is 1. The second kappa shape index (κ2) is 8.34. The summed E-state index contributed by atoms with van der Waals surface area (Å²) in [5.41, 5.74) is 3.75. The highest BCUT2D eigenvalue weighted by molar-refractivity contribution is 5.94. The Kier molecular flexibility index (Phi) is 5.46. The zero-order valence-electron chi connectivity index (χ0n) is 16.8. The quantitative estimate of drug-likeness (QED) is 0.684. The van der Waals surface area contributed by atoms with Crippen molar-refractivity contribution in [2.45, 2.75) is 13.3 Å². The van der Waals surface area contributed by atoms with Crippen LogP contribution in [0.15, 0.2) is 55.1 Å². The molecule has 3 aromatic rings. The van der Waals surface area contributed by atoms with Gasteiger partial charge in [0.15, 0.2) is 0 Å². The second-order valence-electron chi connectivity index (χ2n) is 7.14. The standard InChI is InChI=1S/C22H25N5O2/c1-17-14-23-9-8-19(17)25-10-5-11-26(13-12-25)22(28)18-15-24-27(16-18)20-6-3-4-7-21(20)29-2/h3-4,6-9,14-16H,5,10-13H2,1-2H3. The average Bonchev–Trinajstić information content (AvgIpc) is 3.12. The van der Waals surface area contributed by atoms with Gasteiger partial charge in [0.05, 0.1) is 18.9 Å². The van der Waals surface area contributed by atoms with E-state index in [1.54, 1.807) is 24.2 Å². The highest BCUT2D eigenvalue weighted by Gasteiger charge is 2.22. The summed E-state index contributed by atoms with van der Waals surface area (Å²) in [4.78, 5) is 21.5. The van der Waals surface area contributed by atoms with Gasteiger partial charge >= 0.3 is 0 Å². The largest absolute Gasteiger partial charge is 0.494 e. The fourth-order valence-corrected chi connectivity index (χ4v) is 3.75. The van der Waals surface area contributed by atoms with Crippen molar-refractivity contribution >= 4 is 11.6 Å². The van der Waals surface area contributed by atoms with E-state index in [4.69, 9.17) is 4.74 Å². The first-order valence-corrected chi connectivity index (χ1v) is 9.80. The van der Waals surface area contributed by atoms with Gasteiger partial charge in [-0.25, -0.2) is 4.68 Å². The number of rotatable bonds is 4. The second-order valence-corrected chi connectivity index (χ2v) is 7.14. The fourth-order valence-electron chi connectivity index (χ4n) is 3.75. The third kappa shape index (κ3) is 3.94. The lowest BCUT2D eigenvalue weighted by atomic mass is 10.2. The van der Waals surface area contributed by atoms with Crippen LogP contribution >= 0.6 is 0 Å². The number of aromatic nitrogens is 3. The van der Waals surface area contributed by atoms with Gasteiger partial charge < -0.3 is 14.5 Å². The molecular weight excluding hydrogens is 366 g/mol. The number of ether oxygens (including phenoxy) is 1. The van der Waals surface area contributed by atoms with Crippen molar-refractivity contribution in [2.24, 2.45) is 0 Å². The van der Waals surface area contributed by atoms with Crippen molar-refractivity contribution < 1.29 is 9.53 Å². The number of carbonyl (C=O) groups excluding carboxylic acids is 1. The molecule has 0 N–H and O–H groups in total. The van der Waals surface area contributed by atoms with Crippen molar-refractivity contribution in [3.8, 4) is 11.4 Å². The number of aryl methyl sites for hydroxylation is 1. The van der Waals surface area contributed by atoms with E-state index < -0.39 is 0 Å². The van der Waals surface area contributed by atoms with Gasteiger partial charge in [0.2, 0.25) is 0 Å². The van der Waals surface area contributed by atoms with E-state index in [9.17, 15) is 4.79 Å². The molecule has 7 nitrogen and oxygen atoms in total. The number of para-hydroxylation sites is 2. The summed E-state index contributed by atoms with van der Waals surface area (Å²) in [6.07, 6.45) is 8.03. The SMILES string of the molecule is COc1ccccc1-n1cc(C(=O)N2CCCN(c3ccncc3C)CC2)cn1. The summed E-state index contributed by atoms with van der Waals surface area (Å²) in [6, 6.07) is 9.67. The lowest BCUT2D eigenvalue weighted by Gasteiger charge is -2.24. The average molecular weight is 391 g/mol. The molecule has 0 unspecified atom stereocenters. The number of amides is 1. The van der Waals surface area contributed by atoms with E-state index in [2.05, 4.69) is 21.9 Å². The maximum atomic E-state index is 13.1. The molecule has 0 atom stereocenters. The van der Waals surface area contributed by atoms with Crippen LogP contribution in [0.1, 0.15) is 22.3 Å². The summed E-state index contributed by atoms with van der Waals surface area (Å²) < 4.78 is 7.09. The minimum Gasteiger partial charge on any atom is -0.494 e. The van der Waals surface area contributed by atoms with E-state index in [0.717, 1.165) is 37.3 Å². The van der Waals surface area contributed by atoms with E-state index in [-0.39, 0.29) is 5.91 Å².